The van der Waals surface area contributed by atoms with Gasteiger partial charge in [0.1, 0.15) is 5.76 Å². The number of amides is 2. The molecule has 9 nitrogen and oxygen atoms in total. The maximum Gasteiger partial charge on any atom is 0.316 e. The maximum atomic E-state index is 12.1. The Balaban J connectivity index is 1.69. The number of benzene rings is 1. The monoisotopic (exact) mass is 419 g/mol. The average molecular weight is 419 g/mol. The van der Waals surface area contributed by atoms with Crippen molar-refractivity contribution in [2.45, 2.75) is 26.9 Å². The molecule has 1 heterocycles. The molecule has 0 unspecified atom stereocenters. The van der Waals surface area contributed by atoms with Crippen LogP contribution < -0.4 is 10.6 Å². The number of anilines is 2. The molecular weight excluding hydrogens is 398 g/mol. The van der Waals surface area contributed by atoms with Gasteiger partial charge in [0, 0.05) is 17.3 Å². The van der Waals surface area contributed by atoms with E-state index in [2.05, 4.69) is 15.8 Å². The SMILES string of the molecule is CC(=O)c1ccc(NC(=O)[C@@H](C)OC(=O)CSCC(=O)Nc2cc(C)on2)cc1. The molecule has 10 heteroatoms. The van der Waals surface area contributed by atoms with E-state index in [1.165, 1.54) is 13.8 Å². The van der Waals surface area contributed by atoms with Gasteiger partial charge in [0.05, 0.1) is 11.5 Å². The first-order valence-electron chi connectivity index (χ1n) is 8.67. The summed E-state index contributed by atoms with van der Waals surface area (Å²) in [6, 6.07) is 7.94. The third-order valence-corrected chi connectivity index (χ3v) is 4.49. The van der Waals surface area contributed by atoms with Crippen molar-refractivity contribution in [1.82, 2.24) is 5.16 Å². The highest BCUT2D eigenvalue weighted by Gasteiger charge is 2.18. The molecule has 0 aliphatic heterocycles. The third-order valence-electron chi connectivity index (χ3n) is 3.58. The van der Waals surface area contributed by atoms with E-state index in [1.807, 2.05) is 0 Å². The Kier molecular flexibility index (Phi) is 7.96. The minimum atomic E-state index is -1.01. The zero-order chi connectivity index (χ0) is 21.4. The summed E-state index contributed by atoms with van der Waals surface area (Å²) in [6.07, 6.45) is -1.01. The number of nitrogens with one attached hydrogen (secondary N) is 2. The number of carbonyl (C=O) groups excluding carboxylic acids is 4. The van der Waals surface area contributed by atoms with E-state index in [-0.39, 0.29) is 23.2 Å². The minimum Gasteiger partial charge on any atom is -0.452 e. The van der Waals surface area contributed by atoms with Gasteiger partial charge in [0.2, 0.25) is 5.91 Å². The number of carbonyl (C=O) groups is 4. The number of ether oxygens (including phenoxy) is 1. The zero-order valence-corrected chi connectivity index (χ0v) is 17.0. The van der Waals surface area contributed by atoms with Crippen molar-refractivity contribution in [1.29, 1.82) is 0 Å². The fraction of sp³-hybridized carbons (Fsp3) is 0.316. The number of nitrogens with zero attached hydrogens (tertiary/aromatic N) is 1. The van der Waals surface area contributed by atoms with E-state index in [1.54, 1.807) is 37.3 Å². The van der Waals surface area contributed by atoms with Crippen molar-refractivity contribution in [3.63, 3.8) is 0 Å². The van der Waals surface area contributed by atoms with E-state index in [9.17, 15) is 19.2 Å². The number of Topliss-reactive ketones (excluding diaryl/α,β-unsaturated/α-hetero) is 1. The van der Waals surface area contributed by atoms with Gasteiger partial charge in [-0.2, -0.15) is 0 Å². The first-order chi connectivity index (χ1) is 13.7. The highest BCUT2D eigenvalue weighted by molar-refractivity contribution is 8.00. The van der Waals surface area contributed by atoms with Crippen molar-refractivity contribution in [2.24, 2.45) is 0 Å². The summed E-state index contributed by atoms with van der Waals surface area (Å²) in [7, 11) is 0. The lowest BCUT2D eigenvalue weighted by Gasteiger charge is -2.13. The van der Waals surface area contributed by atoms with Crippen molar-refractivity contribution in [3.8, 4) is 0 Å². The van der Waals surface area contributed by atoms with Crippen molar-refractivity contribution < 1.29 is 28.4 Å². The predicted molar refractivity (Wildman–Crippen MR) is 108 cm³/mol. The summed E-state index contributed by atoms with van der Waals surface area (Å²) in [4.78, 5) is 47.0. The molecule has 0 saturated carbocycles. The van der Waals surface area contributed by atoms with Gasteiger partial charge < -0.3 is 19.9 Å². The summed E-state index contributed by atoms with van der Waals surface area (Å²) in [5.74, 6) is -0.729. The molecule has 2 N–H and O–H groups in total. The fourth-order valence-corrected chi connectivity index (χ4v) is 2.74. The van der Waals surface area contributed by atoms with Crippen LogP contribution in [0.2, 0.25) is 0 Å². The predicted octanol–water partition coefficient (Wildman–Crippen LogP) is 2.43. The number of aromatic nitrogens is 1. The second-order valence-electron chi connectivity index (χ2n) is 6.12. The number of hydrogen-bond donors (Lipinski definition) is 2. The molecule has 0 saturated heterocycles. The number of thioether (sulfide) groups is 1. The molecule has 0 aliphatic carbocycles. The van der Waals surface area contributed by atoms with Gasteiger partial charge >= 0.3 is 5.97 Å². The normalized spacial score (nSPS) is 11.4. The second-order valence-corrected chi connectivity index (χ2v) is 7.10. The Hall–Kier alpha value is -3.14. The highest BCUT2D eigenvalue weighted by Crippen LogP contribution is 2.12. The largest absolute Gasteiger partial charge is 0.452 e. The molecular formula is C19H21N3O6S. The van der Waals surface area contributed by atoms with Crippen LogP contribution in [0.1, 0.15) is 30.0 Å². The van der Waals surface area contributed by atoms with Crippen molar-refractivity contribution in [3.05, 3.63) is 41.7 Å². The Morgan fingerprint density at radius 2 is 1.83 bits per heavy atom. The molecule has 0 aliphatic rings. The van der Waals surface area contributed by atoms with Gasteiger partial charge in [-0.25, -0.2) is 0 Å². The number of aryl methyl sites for hydroxylation is 1. The Morgan fingerprint density at radius 1 is 1.14 bits per heavy atom. The van der Waals surface area contributed by atoms with Gasteiger partial charge in [0.15, 0.2) is 17.7 Å². The number of esters is 1. The molecule has 0 bridgehead atoms. The molecule has 2 amide bonds. The first kappa shape index (κ1) is 22.2. The zero-order valence-electron chi connectivity index (χ0n) is 16.2. The maximum absolute atomic E-state index is 12.1. The van der Waals surface area contributed by atoms with Gasteiger partial charge in [-0.1, -0.05) is 5.16 Å². The molecule has 2 aromatic rings. The molecule has 0 radical (unpaired) electrons. The van der Waals surface area contributed by atoms with Crippen molar-refractivity contribution >= 4 is 46.8 Å². The highest BCUT2D eigenvalue weighted by atomic mass is 32.2. The molecule has 2 rings (SSSR count). The van der Waals surface area contributed by atoms with Crippen LogP contribution >= 0.6 is 11.8 Å². The summed E-state index contributed by atoms with van der Waals surface area (Å²) in [6.45, 7) is 4.60. The van der Waals surface area contributed by atoms with E-state index < -0.39 is 18.0 Å². The van der Waals surface area contributed by atoms with Gasteiger partial charge in [-0.15, -0.1) is 11.8 Å². The summed E-state index contributed by atoms with van der Waals surface area (Å²) in [5.41, 5.74) is 1.01. The summed E-state index contributed by atoms with van der Waals surface area (Å²) >= 11 is 1.05. The number of rotatable bonds is 9. The lowest BCUT2D eigenvalue weighted by atomic mass is 10.1. The number of hydrogen-bond acceptors (Lipinski definition) is 8. The van der Waals surface area contributed by atoms with E-state index in [0.29, 0.717) is 22.8 Å². The average Bonchev–Trinajstić information content (AvgIpc) is 3.06. The van der Waals surface area contributed by atoms with Gasteiger partial charge in [0.25, 0.3) is 5.91 Å². The van der Waals surface area contributed by atoms with Crippen LogP contribution in [0, 0.1) is 6.92 Å². The molecule has 1 aromatic carbocycles. The summed E-state index contributed by atoms with van der Waals surface area (Å²) < 4.78 is 9.90. The van der Waals surface area contributed by atoms with Crippen LogP contribution in [0.3, 0.4) is 0 Å². The first-order valence-corrected chi connectivity index (χ1v) is 9.82. The Labute approximate surface area is 171 Å². The van der Waals surface area contributed by atoms with Gasteiger partial charge in [-0.3, -0.25) is 19.2 Å². The quantitative estimate of drug-likeness (QED) is 0.469. The van der Waals surface area contributed by atoms with Crippen LogP contribution in [0.4, 0.5) is 11.5 Å². The molecule has 1 aromatic heterocycles. The van der Waals surface area contributed by atoms with E-state index in [4.69, 9.17) is 9.26 Å². The van der Waals surface area contributed by atoms with Crippen molar-refractivity contribution in [2.75, 3.05) is 22.1 Å². The van der Waals surface area contributed by atoms with Crippen LogP contribution in [-0.4, -0.2) is 46.3 Å². The van der Waals surface area contributed by atoms with E-state index >= 15 is 0 Å². The molecule has 154 valence electrons. The molecule has 0 spiro atoms. The second kappa shape index (κ2) is 10.4. The minimum absolute atomic E-state index is 0.0179. The van der Waals surface area contributed by atoms with Crippen LogP contribution in [0.5, 0.6) is 0 Å². The fourth-order valence-electron chi connectivity index (χ4n) is 2.15. The topological polar surface area (TPSA) is 128 Å². The summed E-state index contributed by atoms with van der Waals surface area (Å²) in [5, 5.41) is 8.77. The Bertz CT molecular complexity index is 894. The standard InChI is InChI=1S/C19H21N3O6S/c1-11-8-16(22-28-11)21-17(24)9-29-10-18(25)27-13(3)19(26)20-15-6-4-14(5-7-15)12(2)23/h4-8,13H,9-10H2,1-3H3,(H,20,26)(H,21,22,24)/t13-/m1/s1. The van der Waals surface area contributed by atoms with Crippen LogP contribution in [-0.2, 0) is 19.1 Å². The van der Waals surface area contributed by atoms with Crippen LogP contribution in [0.25, 0.3) is 0 Å². The molecule has 0 fully saturated rings. The molecule has 1 atom stereocenters. The number of ketones is 1. The van der Waals surface area contributed by atoms with Gasteiger partial charge in [-0.05, 0) is 45.0 Å². The Morgan fingerprint density at radius 3 is 2.41 bits per heavy atom. The lowest BCUT2D eigenvalue weighted by molar-refractivity contribution is -0.150. The lowest BCUT2D eigenvalue weighted by Crippen LogP contribution is -2.30. The molecule has 29 heavy (non-hydrogen) atoms. The third kappa shape index (κ3) is 7.41. The smallest absolute Gasteiger partial charge is 0.316 e. The van der Waals surface area contributed by atoms with E-state index in [0.717, 1.165) is 11.8 Å². The van der Waals surface area contributed by atoms with Crippen LogP contribution in [0.15, 0.2) is 34.9 Å².